The average molecular weight is 222 g/mol. The van der Waals surface area contributed by atoms with Gasteiger partial charge in [0.15, 0.2) is 0 Å². The van der Waals surface area contributed by atoms with Crippen LogP contribution in [0.5, 0.6) is 0 Å². The Kier molecular flexibility index (Phi) is 3.56. The van der Waals surface area contributed by atoms with Crippen molar-refractivity contribution in [2.75, 3.05) is 17.7 Å². The van der Waals surface area contributed by atoms with Crippen LogP contribution in [-0.2, 0) is 0 Å². The molecule has 2 rings (SSSR count). The quantitative estimate of drug-likeness (QED) is 0.711. The number of aliphatic hydroxyl groups is 1. The summed E-state index contributed by atoms with van der Waals surface area (Å²) in [5.41, 5.74) is 5.47. The Balaban J connectivity index is 1.99. The topological polar surface area (TPSA) is 84.1 Å². The molecule has 4 N–H and O–H groups in total. The van der Waals surface area contributed by atoms with Gasteiger partial charge >= 0.3 is 0 Å². The van der Waals surface area contributed by atoms with Gasteiger partial charge in [0.05, 0.1) is 12.4 Å². The number of hydrogen-bond acceptors (Lipinski definition) is 5. The monoisotopic (exact) mass is 222 g/mol. The molecule has 1 aliphatic carbocycles. The first-order chi connectivity index (χ1) is 7.79. The van der Waals surface area contributed by atoms with E-state index < -0.39 is 0 Å². The Hall–Kier alpha value is -1.36. The highest BCUT2D eigenvalue weighted by molar-refractivity contribution is 5.37. The molecule has 0 spiro atoms. The van der Waals surface area contributed by atoms with Crippen molar-refractivity contribution in [3.8, 4) is 0 Å². The smallest absolute Gasteiger partial charge is 0.144 e. The van der Waals surface area contributed by atoms with Crippen molar-refractivity contribution in [3.63, 3.8) is 0 Å². The predicted octanol–water partition coefficient (Wildman–Crippen LogP) is 1.02. The maximum absolute atomic E-state index is 9.29. The molecule has 1 saturated carbocycles. The zero-order valence-corrected chi connectivity index (χ0v) is 9.26. The minimum Gasteiger partial charge on any atom is -0.396 e. The Morgan fingerprint density at radius 3 is 2.81 bits per heavy atom. The first kappa shape index (κ1) is 11.1. The highest BCUT2D eigenvalue weighted by Crippen LogP contribution is 2.26. The zero-order chi connectivity index (χ0) is 11.4. The Bertz CT molecular complexity index is 327. The number of nitrogens with two attached hydrogens (primary N) is 1. The van der Waals surface area contributed by atoms with Gasteiger partial charge < -0.3 is 16.2 Å². The lowest BCUT2D eigenvalue weighted by molar-refractivity contribution is 0.178. The number of hydrogen-bond donors (Lipinski definition) is 3. The van der Waals surface area contributed by atoms with Crippen LogP contribution in [0.15, 0.2) is 12.4 Å². The van der Waals surface area contributed by atoms with Crippen LogP contribution in [0.3, 0.4) is 0 Å². The van der Waals surface area contributed by atoms with Gasteiger partial charge in [0.2, 0.25) is 0 Å². The molecule has 5 nitrogen and oxygen atoms in total. The molecule has 0 radical (unpaired) electrons. The molecule has 1 aromatic heterocycles. The van der Waals surface area contributed by atoms with E-state index in [1.807, 2.05) is 0 Å². The van der Waals surface area contributed by atoms with Crippen LogP contribution in [0.1, 0.15) is 25.7 Å². The highest BCUT2D eigenvalue weighted by Gasteiger charge is 2.24. The summed E-state index contributed by atoms with van der Waals surface area (Å²) in [6.07, 6.45) is 7.75. The van der Waals surface area contributed by atoms with Gasteiger partial charge in [0.1, 0.15) is 11.6 Å². The molecule has 0 bridgehead atoms. The Labute approximate surface area is 95.1 Å². The van der Waals surface area contributed by atoms with Gasteiger partial charge in [-0.15, -0.1) is 0 Å². The number of nitrogens with zero attached hydrogens (tertiary/aromatic N) is 2. The number of anilines is 2. The van der Waals surface area contributed by atoms with Crippen molar-refractivity contribution < 1.29 is 5.11 Å². The lowest BCUT2D eigenvalue weighted by atomic mass is 9.85. The van der Waals surface area contributed by atoms with Gasteiger partial charge in [0, 0.05) is 18.6 Å². The summed E-state index contributed by atoms with van der Waals surface area (Å²) in [5.74, 6) is 1.49. The Morgan fingerprint density at radius 1 is 1.31 bits per heavy atom. The van der Waals surface area contributed by atoms with Crippen LogP contribution in [0.25, 0.3) is 0 Å². The Morgan fingerprint density at radius 2 is 2.12 bits per heavy atom. The molecular weight excluding hydrogens is 204 g/mol. The molecule has 0 aromatic carbocycles. The standard InChI is InChI=1S/C11H18N4O/c12-10-5-14-11(6-13-10)15-9-4-2-1-3-8(9)7-16/h5-6,8-9,16H,1-4,7H2,(H2,12,13)(H,14,15). The fourth-order valence-corrected chi connectivity index (χ4v) is 2.22. The zero-order valence-electron chi connectivity index (χ0n) is 9.26. The fraction of sp³-hybridized carbons (Fsp3) is 0.636. The van der Waals surface area contributed by atoms with E-state index in [4.69, 9.17) is 5.73 Å². The van der Waals surface area contributed by atoms with E-state index in [1.165, 1.54) is 12.8 Å². The van der Waals surface area contributed by atoms with Crippen molar-refractivity contribution in [2.24, 2.45) is 5.92 Å². The maximum atomic E-state index is 9.29. The van der Waals surface area contributed by atoms with E-state index >= 15 is 0 Å². The molecule has 0 saturated heterocycles. The van der Waals surface area contributed by atoms with E-state index in [0.29, 0.717) is 17.8 Å². The van der Waals surface area contributed by atoms with Crippen LogP contribution in [0.4, 0.5) is 11.6 Å². The third-order valence-corrected chi connectivity index (χ3v) is 3.15. The minimum absolute atomic E-state index is 0.236. The number of nitrogens with one attached hydrogen (secondary N) is 1. The van der Waals surface area contributed by atoms with Crippen molar-refractivity contribution >= 4 is 11.6 Å². The lowest BCUT2D eigenvalue weighted by Gasteiger charge is -2.31. The first-order valence-corrected chi connectivity index (χ1v) is 5.74. The van der Waals surface area contributed by atoms with Crippen LogP contribution in [-0.4, -0.2) is 27.7 Å². The van der Waals surface area contributed by atoms with Gasteiger partial charge in [0.25, 0.3) is 0 Å². The third kappa shape index (κ3) is 2.61. The molecule has 88 valence electrons. The van der Waals surface area contributed by atoms with Gasteiger partial charge in [-0.05, 0) is 12.8 Å². The summed E-state index contributed by atoms with van der Waals surface area (Å²) in [6, 6.07) is 0.302. The molecule has 5 heteroatoms. The number of aliphatic hydroxyl groups excluding tert-OH is 1. The van der Waals surface area contributed by atoms with E-state index in [2.05, 4.69) is 15.3 Å². The van der Waals surface area contributed by atoms with Crippen LogP contribution < -0.4 is 11.1 Å². The van der Waals surface area contributed by atoms with Crippen LogP contribution in [0.2, 0.25) is 0 Å². The van der Waals surface area contributed by atoms with Gasteiger partial charge in [-0.25, -0.2) is 9.97 Å². The SMILES string of the molecule is Nc1cnc(NC2CCCCC2CO)cn1. The molecule has 1 fully saturated rings. The van der Waals surface area contributed by atoms with E-state index in [0.717, 1.165) is 18.7 Å². The minimum atomic E-state index is 0.236. The second-order valence-electron chi connectivity index (χ2n) is 4.30. The summed E-state index contributed by atoms with van der Waals surface area (Å²) < 4.78 is 0. The number of aromatic nitrogens is 2. The third-order valence-electron chi connectivity index (χ3n) is 3.15. The van der Waals surface area contributed by atoms with Crippen molar-refractivity contribution in [1.82, 2.24) is 9.97 Å². The highest BCUT2D eigenvalue weighted by atomic mass is 16.3. The molecule has 1 aromatic rings. The maximum Gasteiger partial charge on any atom is 0.144 e. The summed E-state index contributed by atoms with van der Waals surface area (Å²) in [5, 5.41) is 12.6. The molecule has 1 aliphatic rings. The molecule has 2 atom stereocenters. The second-order valence-corrected chi connectivity index (χ2v) is 4.30. The summed E-state index contributed by atoms with van der Waals surface area (Å²) in [6.45, 7) is 0.236. The van der Waals surface area contributed by atoms with E-state index in [9.17, 15) is 5.11 Å². The largest absolute Gasteiger partial charge is 0.396 e. The summed E-state index contributed by atoms with van der Waals surface area (Å²) in [7, 11) is 0. The molecule has 16 heavy (non-hydrogen) atoms. The van der Waals surface area contributed by atoms with E-state index in [1.54, 1.807) is 12.4 Å². The van der Waals surface area contributed by atoms with Gasteiger partial charge in [-0.3, -0.25) is 0 Å². The van der Waals surface area contributed by atoms with Crippen LogP contribution >= 0.6 is 0 Å². The molecule has 0 amide bonds. The lowest BCUT2D eigenvalue weighted by Crippen LogP contribution is -2.34. The first-order valence-electron chi connectivity index (χ1n) is 5.74. The average Bonchev–Trinajstić information content (AvgIpc) is 2.33. The van der Waals surface area contributed by atoms with Crippen molar-refractivity contribution in [3.05, 3.63) is 12.4 Å². The number of rotatable bonds is 3. The second kappa shape index (κ2) is 5.12. The summed E-state index contributed by atoms with van der Waals surface area (Å²) >= 11 is 0. The normalized spacial score (nSPS) is 25.3. The molecule has 0 aliphatic heterocycles. The summed E-state index contributed by atoms with van der Waals surface area (Å²) in [4.78, 5) is 8.15. The number of nitrogen functional groups attached to an aromatic ring is 1. The molecule has 1 heterocycles. The molecular formula is C11H18N4O. The van der Waals surface area contributed by atoms with E-state index in [-0.39, 0.29) is 6.61 Å². The van der Waals surface area contributed by atoms with Crippen LogP contribution in [0, 0.1) is 5.92 Å². The predicted molar refractivity (Wildman–Crippen MR) is 62.9 cm³/mol. The van der Waals surface area contributed by atoms with Crippen molar-refractivity contribution in [1.29, 1.82) is 0 Å². The van der Waals surface area contributed by atoms with Gasteiger partial charge in [-0.1, -0.05) is 12.8 Å². The van der Waals surface area contributed by atoms with Crippen molar-refractivity contribution in [2.45, 2.75) is 31.7 Å². The van der Waals surface area contributed by atoms with Gasteiger partial charge in [-0.2, -0.15) is 0 Å². The fourth-order valence-electron chi connectivity index (χ4n) is 2.22. The molecule has 2 unspecified atom stereocenters.